The minimum Gasteiger partial charge on any atom is -0.329 e. The largest absolute Gasteiger partial charge is 0.329 e. The highest BCUT2D eigenvalue weighted by atomic mass is 15.3. The maximum absolute atomic E-state index is 4.54. The van der Waals surface area contributed by atoms with Gasteiger partial charge in [-0.3, -0.25) is 0 Å². The molecule has 0 N–H and O–H groups in total. The molecule has 0 aromatic carbocycles. The number of rotatable bonds is 2. The Labute approximate surface area is 105 Å². The first-order valence-electron chi connectivity index (χ1n) is 6.23. The monoisotopic (exact) mass is 243 g/mol. The van der Waals surface area contributed by atoms with Crippen molar-refractivity contribution >= 4 is 16.7 Å². The molecule has 0 saturated carbocycles. The summed E-state index contributed by atoms with van der Waals surface area (Å²) in [6, 6.07) is 0. The Bertz CT molecular complexity index is 720. The van der Waals surface area contributed by atoms with Crippen molar-refractivity contribution in [1.82, 2.24) is 24.1 Å². The summed E-state index contributed by atoms with van der Waals surface area (Å²) >= 11 is 0. The van der Waals surface area contributed by atoms with E-state index < -0.39 is 0 Å². The van der Waals surface area contributed by atoms with Crippen molar-refractivity contribution < 1.29 is 0 Å². The third kappa shape index (κ3) is 1.43. The fraction of sp³-hybridized carbons (Fsp3) is 0.462. The van der Waals surface area contributed by atoms with Gasteiger partial charge in [0.2, 0.25) is 0 Å². The van der Waals surface area contributed by atoms with E-state index in [4.69, 9.17) is 0 Å². The van der Waals surface area contributed by atoms with E-state index in [-0.39, 0.29) is 0 Å². The molecule has 5 heteroatoms. The molecular formula is C13H17N5. The fourth-order valence-electron chi connectivity index (χ4n) is 2.46. The third-order valence-electron chi connectivity index (χ3n) is 3.44. The molecule has 0 fully saturated rings. The highest BCUT2D eigenvalue weighted by Gasteiger charge is 2.16. The zero-order chi connectivity index (χ0) is 12.9. The van der Waals surface area contributed by atoms with Crippen LogP contribution in [0.15, 0.2) is 12.7 Å². The number of aryl methyl sites for hydroxylation is 1. The van der Waals surface area contributed by atoms with Crippen LogP contribution in [0.1, 0.15) is 25.1 Å². The fourth-order valence-corrected chi connectivity index (χ4v) is 2.46. The molecule has 5 nitrogen and oxygen atoms in total. The molecule has 3 aromatic heterocycles. The van der Waals surface area contributed by atoms with Crippen LogP contribution < -0.4 is 0 Å². The molecule has 3 rings (SSSR count). The number of hydrogen-bond acceptors (Lipinski definition) is 3. The Morgan fingerprint density at radius 1 is 1.17 bits per heavy atom. The predicted octanol–water partition coefficient (Wildman–Crippen LogP) is 2.35. The molecule has 0 radical (unpaired) electrons. The van der Waals surface area contributed by atoms with Gasteiger partial charge >= 0.3 is 0 Å². The smallest absolute Gasteiger partial charge is 0.168 e. The Balaban J connectivity index is 2.40. The van der Waals surface area contributed by atoms with E-state index in [2.05, 4.69) is 47.3 Å². The van der Waals surface area contributed by atoms with E-state index in [1.165, 1.54) is 11.3 Å². The highest BCUT2D eigenvalue weighted by molar-refractivity contribution is 5.93. The van der Waals surface area contributed by atoms with E-state index in [0.29, 0.717) is 5.92 Å². The van der Waals surface area contributed by atoms with Gasteiger partial charge in [0.1, 0.15) is 18.3 Å². The zero-order valence-electron chi connectivity index (χ0n) is 11.2. The average Bonchev–Trinajstić information content (AvgIpc) is 2.87. The quantitative estimate of drug-likeness (QED) is 0.694. The van der Waals surface area contributed by atoms with Crippen LogP contribution in [0.2, 0.25) is 0 Å². The Morgan fingerprint density at radius 2 is 1.94 bits per heavy atom. The number of aromatic nitrogens is 5. The summed E-state index contributed by atoms with van der Waals surface area (Å²) in [5, 5.41) is 5.26. The van der Waals surface area contributed by atoms with Gasteiger partial charge in [-0.1, -0.05) is 13.8 Å². The van der Waals surface area contributed by atoms with Gasteiger partial charge in [-0.25, -0.2) is 14.5 Å². The maximum atomic E-state index is 4.54. The van der Waals surface area contributed by atoms with E-state index >= 15 is 0 Å². The topological polar surface area (TPSA) is 48.0 Å². The zero-order valence-corrected chi connectivity index (χ0v) is 11.2. The van der Waals surface area contributed by atoms with Crippen LogP contribution >= 0.6 is 0 Å². The third-order valence-corrected chi connectivity index (χ3v) is 3.44. The van der Waals surface area contributed by atoms with Crippen LogP contribution in [-0.4, -0.2) is 24.1 Å². The summed E-state index contributed by atoms with van der Waals surface area (Å²) in [4.78, 5) is 8.88. The lowest BCUT2D eigenvalue weighted by molar-refractivity contribution is 0.524. The summed E-state index contributed by atoms with van der Waals surface area (Å²) in [6.07, 6.45) is 3.31. The van der Waals surface area contributed by atoms with Gasteiger partial charge < -0.3 is 4.57 Å². The average molecular weight is 243 g/mol. The Morgan fingerprint density at radius 3 is 2.67 bits per heavy atom. The Hall–Kier alpha value is -1.91. The Kier molecular flexibility index (Phi) is 2.36. The van der Waals surface area contributed by atoms with E-state index in [9.17, 15) is 0 Å². The molecule has 94 valence electrons. The highest BCUT2D eigenvalue weighted by Crippen LogP contribution is 2.26. The van der Waals surface area contributed by atoms with Crippen molar-refractivity contribution in [3.8, 4) is 0 Å². The van der Waals surface area contributed by atoms with Crippen LogP contribution in [0.25, 0.3) is 16.7 Å². The molecule has 3 heterocycles. The second-order valence-electron chi connectivity index (χ2n) is 5.19. The van der Waals surface area contributed by atoms with Gasteiger partial charge in [-0.2, -0.15) is 5.10 Å². The van der Waals surface area contributed by atoms with Gasteiger partial charge in [0.15, 0.2) is 5.65 Å². The summed E-state index contributed by atoms with van der Waals surface area (Å²) in [5.74, 6) is 0.592. The van der Waals surface area contributed by atoms with Crippen molar-refractivity contribution in [2.75, 3.05) is 0 Å². The molecule has 0 unspecified atom stereocenters. The van der Waals surface area contributed by atoms with E-state index in [1.807, 2.05) is 0 Å². The van der Waals surface area contributed by atoms with Crippen molar-refractivity contribution in [3.05, 3.63) is 23.9 Å². The molecule has 0 aliphatic carbocycles. The molecule has 18 heavy (non-hydrogen) atoms. The predicted molar refractivity (Wildman–Crippen MR) is 70.6 cm³/mol. The first-order chi connectivity index (χ1) is 8.59. The van der Waals surface area contributed by atoms with Gasteiger partial charge in [0, 0.05) is 12.2 Å². The minimum absolute atomic E-state index is 0.592. The lowest BCUT2D eigenvalue weighted by Crippen LogP contribution is -2.07. The molecule has 0 aliphatic heterocycles. The maximum Gasteiger partial charge on any atom is 0.168 e. The van der Waals surface area contributed by atoms with Crippen LogP contribution in [-0.2, 0) is 6.54 Å². The van der Waals surface area contributed by atoms with E-state index in [1.54, 1.807) is 17.2 Å². The van der Waals surface area contributed by atoms with Crippen molar-refractivity contribution in [1.29, 1.82) is 0 Å². The SMILES string of the molecule is Cc1c(C)n(CC(C)C)c2ncn3ncnc3c12. The number of nitrogens with zero attached hydrogens (tertiary/aromatic N) is 5. The summed E-state index contributed by atoms with van der Waals surface area (Å²) in [7, 11) is 0. The normalized spacial score (nSPS) is 12.1. The second kappa shape index (κ2) is 3.80. The number of fused-ring (bicyclic) bond motifs is 3. The lowest BCUT2D eigenvalue weighted by Gasteiger charge is -2.10. The molecule has 0 spiro atoms. The van der Waals surface area contributed by atoms with Crippen LogP contribution in [0.4, 0.5) is 0 Å². The van der Waals surface area contributed by atoms with Crippen molar-refractivity contribution in [3.63, 3.8) is 0 Å². The van der Waals surface area contributed by atoms with Crippen LogP contribution in [0, 0.1) is 19.8 Å². The van der Waals surface area contributed by atoms with Crippen LogP contribution in [0.3, 0.4) is 0 Å². The van der Waals surface area contributed by atoms with Crippen molar-refractivity contribution in [2.24, 2.45) is 5.92 Å². The molecule has 0 bridgehead atoms. The second-order valence-corrected chi connectivity index (χ2v) is 5.19. The van der Waals surface area contributed by atoms with Gasteiger partial charge in [-0.05, 0) is 25.3 Å². The van der Waals surface area contributed by atoms with Gasteiger partial charge in [-0.15, -0.1) is 0 Å². The van der Waals surface area contributed by atoms with E-state index in [0.717, 1.165) is 23.2 Å². The molecule has 3 aromatic rings. The summed E-state index contributed by atoms with van der Waals surface area (Å²) in [6.45, 7) is 9.69. The lowest BCUT2D eigenvalue weighted by atomic mass is 10.2. The molecular weight excluding hydrogens is 226 g/mol. The standard InChI is InChI=1S/C13H17N5/c1-8(2)5-17-10(4)9(3)11-12(17)15-7-18-13(11)14-6-16-18/h6-8H,5H2,1-4H3. The first kappa shape index (κ1) is 11.2. The van der Waals surface area contributed by atoms with Gasteiger partial charge in [0.25, 0.3) is 0 Å². The van der Waals surface area contributed by atoms with Crippen molar-refractivity contribution in [2.45, 2.75) is 34.2 Å². The molecule has 0 amide bonds. The summed E-state index contributed by atoms with van der Waals surface area (Å²) < 4.78 is 4.01. The number of hydrogen-bond donors (Lipinski definition) is 0. The molecule has 0 aliphatic rings. The molecule has 0 atom stereocenters. The minimum atomic E-state index is 0.592. The van der Waals surface area contributed by atoms with Gasteiger partial charge in [0.05, 0.1) is 5.39 Å². The first-order valence-corrected chi connectivity index (χ1v) is 6.23. The summed E-state index contributed by atoms with van der Waals surface area (Å²) in [5.41, 5.74) is 4.42. The molecule has 0 saturated heterocycles. The van der Waals surface area contributed by atoms with Crippen LogP contribution in [0.5, 0.6) is 0 Å².